The number of carbonyl (C=O) groups is 2. The lowest BCUT2D eigenvalue weighted by atomic mass is 10.2. The van der Waals surface area contributed by atoms with Crippen LogP contribution < -0.4 is 5.32 Å². The van der Waals surface area contributed by atoms with Gasteiger partial charge in [-0.15, -0.1) is 11.3 Å². The SMILES string of the molecule is CCN(CC)C(=O)CSc1nc2ccc(NC(=O)c3cc(S(=O)(=O)N(C)C)oc3C)cc2s1. The molecule has 0 spiro atoms. The predicted octanol–water partition coefficient (Wildman–Crippen LogP) is 3.66. The van der Waals surface area contributed by atoms with E-state index < -0.39 is 15.9 Å². The molecule has 9 nitrogen and oxygen atoms in total. The summed E-state index contributed by atoms with van der Waals surface area (Å²) >= 11 is 2.84. The molecule has 0 saturated heterocycles. The lowest BCUT2D eigenvalue weighted by Crippen LogP contribution is -2.31. The lowest BCUT2D eigenvalue weighted by Gasteiger charge is -2.17. The highest BCUT2D eigenvalue weighted by Crippen LogP contribution is 2.32. The largest absolute Gasteiger partial charge is 0.448 e. The Bertz CT molecular complexity index is 1280. The smallest absolute Gasteiger partial charge is 0.275 e. The highest BCUT2D eigenvalue weighted by molar-refractivity contribution is 8.01. The first-order valence-electron chi connectivity index (χ1n) is 10.2. The molecule has 2 heterocycles. The van der Waals surface area contributed by atoms with E-state index in [1.165, 1.54) is 43.3 Å². The number of carbonyl (C=O) groups excluding carboxylic acids is 2. The summed E-state index contributed by atoms with van der Waals surface area (Å²) in [5, 5.41) is 2.50. The molecule has 2 aromatic heterocycles. The van der Waals surface area contributed by atoms with Crippen LogP contribution in [0.25, 0.3) is 10.2 Å². The van der Waals surface area contributed by atoms with Crippen molar-refractivity contribution in [2.75, 3.05) is 38.3 Å². The van der Waals surface area contributed by atoms with Crippen molar-refractivity contribution in [3.8, 4) is 0 Å². The quantitative estimate of drug-likeness (QED) is 0.437. The molecule has 178 valence electrons. The van der Waals surface area contributed by atoms with Crippen LogP contribution in [0, 0.1) is 6.92 Å². The van der Waals surface area contributed by atoms with E-state index in [0.717, 1.165) is 18.9 Å². The first kappa shape index (κ1) is 25.2. The monoisotopic (exact) mass is 510 g/mol. The van der Waals surface area contributed by atoms with E-state index >= 15 is 0 Å². The van der Waals surface area contributed by atoms with Gasteiger partial charge in [-0.1, -0.05) is 11.8 Å². The van der Waals surface area contributed by atoms with Crippen LogP contribution in [-0.4, -0.2) is 67.4 Å². The molecular formula is C21H26N4O5S3. The summed E-state index contributed by atoms with van der Waals surface area (Å²) in [6, 6.07) is 6.55. The van der Waals surface area contributed by atoms with Crippen molar-refractivity contribution in [3.63, 3.8) is 0 Å². The van der Waals surface area contributed by atoms with Crippen molar-refractivity contribution in [2.45, 2.75) is 30.2 Å². The molecule has 0 bridgehead atoms. The maximum Gasteiger partial charge on any atom is 0.275 e. The van der Waals surface area contributed by atoms with E-state index in [1.807, 2.05) is 13.8 Å². The van der Waals surface area contributed by atoms with E-state index in [4.69, 9.17) is 4.42 Å². The van der Waals surface area contributed by atoms with Crippen molar-refractivity contribution in [1.82, 2.24) is 14.2 Å². The van der Waals surface area contributed by atoms with E-state index in [2.05, 4.69) is 10.3 Å². The van der Waals surface area contributed by atoms with Crippen LogP contribution in [0.4, 0.5) is 5.69 Å². The van der Waals surface area contributed by atoms with E-state index in [1.54, 1.807) is 30.0 Å². The number of amides is 2. The first-order chi connectivity index (χ1) is 15.6. The molecule has 0 unspecified atom stereocenters. The number of aromatic nitrogens is 1. The number of hydrogen-bond donors (Lipinski definition) is 1. The van der Waals surface area contributed by atoms with Crippen LogP contribution in [-0.2, 0) is 14.8 Å². The highest BCUT2D eigenvalue weighted by atomic mass is 32.2. The van der Waals surface area contributed by atoms with Crippen molar-refractivity contribution < 1.29 is 22.4 Å². The minimum Gasteiger partial charge on any atom is -0.448 e. The third-order valence-electron chi connectivity index (χ3n) is 4.94. The van der Waals surface area contributed by atoms with Gasteiger partial charge >= 0.3 is 0 Å². The van der Waals surface area contributed by atoms with E-state index in [9.17, 15) is 18.0 Å². The van der Waals surface area contributed by atoms with Crippen LogP contribution in [0.1, 0.15) is 30.0 Å². The second-order valence-electron chi connectivity index (χ2n) is 7.29. The zero-order valence-electron chi connectivity index (χ0n) is 19.0. The Morgan fingerprint density at radius 3 is 2.52 bits per heavy atom. The second-order valence-corrected chi connectivity index (χ2v) is 11.6. The number of nitrogens with zero attached hydrogens (tertiary/aromatic N) is 3. The molecule has 33 heavy (non-hydrogen) atoms. The summed E-state index contributed by atoms with van der Waals surface area (Å²) in [6.07, 6.45) is 0. The second kappa shape index (κ2) is 10.2. The number of thioether (sulfide) groups is 1. The average molecular weight is 511 g/mol. The zero-order valence-corrected chi connectivity index (χ0v) is 21.5. The zero-order chi connectivity index (χ0) is 24.3. The van der Waals surface area contributed by atoms with Gasteiger partial charge in [-0.2, -0.15) is 0 Å². The summed E-state index contributed by atoms with van der Waals surface area (Å²) in [4.78, 5) is 31.3. The molecule has 0 fully saturated rings. The van der Waals surface area contributed by atoms with Gasteiger partial charge in [0.25, 0.3) is 15.9 Å². The van der Waals surface area contributed by atoms with Gasteiger partial charge < -0.3 is 14.6 Å². The molecule has 2 amide bonds. The normalized spacial score (nSPS) is 11.8. The van der Waals surface area contributed by atoms with Crippen molar-refractivity contribution in [2.24, 2.45) is 0 Å². The van der Waals surface area contributed by atoms with E-state index in [-0.39, 0.29) is 22.3 Å². The average Bonchev–Trinajstić information content (AvgIpc) is 3.36. The van der Waals surface area contributed by atoms with Gasteiger partial charge in [-0.05, 0) is 39.0 Å². The van der Waals surface area contributed by atoms with Crippen LogP contribution >= 0.6 is 23.1 Å². The number of anilines is 1. The van der Waals surface area contributed by atoms with Crippen molar-refractivity contribution >= 4 is 60.8 Å². The topological polar surface area (TPSA) is 113 Å². The number of sulfonamides is 1. The summed E-state index contributed by atoms with van der Waals surface area (Å²) in [5.74, 6) is 0.134. The Balaban J connectivity index is 1.73. The molecule has 0 aliphatic heterocycles. The fraction of sp³-hybridized carbons (Fsp3) is 0.381. The van der Waals surface area contributed by atoms with Gasteiger partial charge in [0.2, 0.25) is 11.0 Å². The third-order valence-corrected chi connectivity index (χ3v) is 8.75. The first-order valence-corrected chi connectivity index (χ1v) is 13.5. The van der Waals surface area contributed by atoms with Crippen LogP contribution in [0.5, 0.6) is 0 Å². The van der Waals surface area contributed by atoms with Gasteiger partial charge in [0, 0.05) is 38.9 Å². The third kappa shape index (κ3) is 5.57. The molecule has 12 heteroatoms. The summed E-state index contributed by atoms with van der Waals surface area (Å²) in [5.41, 5.74) is 1.46. The minimum absolute atomic E-state index is 0.0725. The molecule has 3 aromatic rings. The standard InChI is InChI=1S/C21H26N4O5S3/c1-6-25(7-2)18(26)12-31-21-23-16-9-8-14(10-17(16)32-21)22-20(27)15-11-19(30-13(15)3)33(28,29)24(4)5/h8-11H,6-7,12H2,1-5H3,(H,22,27). The van der Waals surface area contributed by atoms with Crippen LogP contribution in [0.15, 0.2) is 38.1 Å². The Labute approximate surface area is 201 Å². The fourth-order valence-corrected chi connectivity index (χ4v) is 5.89. The van der Waals surface area contributed by atoms with E-state index in [0.29, 0.717) is 24.5 Å². The number of furan rings is 1. The highest BCUT2D eigenvalue weighted by Gasteiger charge is 2.26. The van der Waals surface area contributed by atoms with Crippen molar-refractivity contribution in [1.29, 1.82) is 0 Å². The van der Waals surface area contributed by atoms with Gasteiger partial charge in [0.15, 0.2) is 4.34 Å². The number of aryl methyl sites for hydroxylation is 1. The van der Waals surface area contributed by atoms with Gasteiger partial charge in [-0.25, -0.2) is 17.7 Å². The molecule has 1 aromatic carbocycles. The molecule has 0 aliphatic carbocycles. The van der Waals surface area contributed by atoms with Gasteiger partial charge in [-0.3, -0.25) is 9.59 Å². The Morgan fingerprint density at radius 2 is 1.88 bits per heavy atom. The number of rotatable bonds is 9. The Hall–Kier alpha value is -2.41. The predicted molar refractivity (Wildman–Crippen MR) is 131 cm³/mol. The molecule has 3 rings (SSSR count). The van der Waals surface area contributed by atoms with Crippen LogP contribution in [0.3, 0.4) is 0 Å². The summed E-state index contributed by atoms with van der Waals surface area (Å²) in [6.45, 7) is 6.80. The maximum atomic E-state index is 12.7. The molecule has 1 N–H and O–H groups in total. The van der Waals surface area contributed by atoms with Gasteiger partial charge in [0.05, 0.1) is 21.5 Å². The van der Waals surface area contributed by atoms with Crippen molar-refractivity contribution in [3.05, 3.63) is 35.6 Å². The maximum absolute atomic E-state index is 12.7. The van der Waals surface area contributed by atoms with Gasteiger partial charge in [0.1, 0.15) is 5.76 Å². The molecule has 0 radical (unpaired) electrons. The lowest BCUT2D eigenvalue weighted by molar-refractivity contribution is -0.127. The number of benzene rings is 1. The Morgan fingerprint density at radius 1 is 1.18 bits per heavy atom. The molecule has 0 aliphatic rings. The van der Waals surface area contributed by atoms with Crippen LogP contribution in [0.2, 0.25) is 0 Å². The molecule has 0 saturated carbocycles. The molecule has 0 atom stereocenters. The molecular weight excluding hydrogens is 484 g/mol. The Kier molecular flexibility index (Phi) is 7.83. The fourth-order valence-electron chi connectivity index (χ4n) is 3.02. The number of nitrogens with one attached hydrogen (secondary N) is 1. The summed E-state index contributed by atoms with van der Waals surface area (Å²) < 4.78 is 32.5. The minimum atomic E-state index is -3.78. The number of hydrogen-bond acceptors (Lipinski definition) is 8. The summed E-state index contributed by atoms with van der Waals surface area (Å²) in [7, 11) is -0.997. The number of thiazole rings is 1. The number of fused-ring (bicyclic) bond motifs is 1.